The van der Waals surface area contributed by atoms with E-state index in [4.69, 9.17) is 4.98 Å². The molecule has 2 heterocycles. The van der Waals surface area contributed by atoms with E-state index >= 15 is 0 Å². The second-order valence-electron chi connectivity index (χ2n) is 7.15. The number of aryl methyl sites for hydroxylation is 2. The Kier molecular flexibility index (Phi) is 3.82. The lowest BCUT2D eigenvalue weighted by atomic mass is 9.77. The van der Waals surface area contributed by atoms with Crippen LogP contribution in [0.25, 0.3) is 0 Å². The highest BCUT2D eigenvalue weighted by Crippen LogP contribution is 2.44. The molecule has 1 aromatic carbocycles. The van der Waals surface area contributed by atoms with Crippen molar-refractivity contribution in [3.8, 4) is 6.07 Å². The number of hydrogen-bond donors (Lipinski definition) is 0. The Hall–Kier alpha value is -2.25. The fourth-order valence-electron chi connectivity index (χ4n) is 4.40. The largest absolute Gasteiger partial charge is 0.298 e. The molecule has 24 heavy (non-hydrogen) atoms. The molecule has 2 aromatic rings. The molecule has 1 saturated heterocycles. The monoisotopic (exact) mass is 318 g/mol. The van der Waals surface area contributed by atoms with E-state index < -0.39 is 0 Å². The van der Waals surface area contributed by atoms with E-state index in [1.54, 1.807) is 0 Å². The zero-order valence-electron chi connectivity index (χ0n) is 14.1. The molecule has 1 aromatic heterocycles. The van der Waals surface area contributed by atoms with Crippen LogP contribution in [0.5, 0.6) is 0 Å². The zero-order valence-corrected chi connectivity index (χ0v) is 14.1. The molecule has 0 amide bonds. The molecule has 0 bridgehead atoms. The number of aromatic nitrogens is 2. The fourth-order valence-corrected chi connectivity index (χ4v) is 4.40. The molecule has 1 aliphatic heterocycles. The molecule has 0 saturated carbocycles. The maximum atomic E-state index is 9.33. The normalized spacial score (nSPS) is 23.2. The van der Waals surface area contributed by atoms with Crippen LogP contribution in [0.2, 0.25) is 0 Å². The van der Waals surface area contributed by atoms with Gasteiger partial charge in [0, 0.05) is 24.7 Å². The van der Waals surface area contributed by atoms with E-state index in [1.165, 1.54) is 30.5 Å². The van der Waals surface area contributed by atoms with Crippen molar-refractivity contribution in [2.75, 3.05) is 13.1 Å². The minimum Gasteiger partial charge on any atom is -0.298 e. The first-order valence-electron chi connectivity index (χ1n) is 8.74. The number of rotatable bonds is 2. The van der Waals surface area contributed by atoms with Gasteiger partial charge in [-0.05, 0) is 56.3 Å². The molecule has 4 nitrogen and oxygen atoms in total. The fraction of sp³-hybridized carbons (Fsp3) is 0.450. The van der Waals surface area contributed by atoms with Gasteiger partial charge in [0.15, 0.2) is 0 Å². The van der Waals surface area contributed by atoms with Crippen LogP contribution in [0.15, 0.2) is 30.5 Å². The minimum absolute atomic E-state index is 0.183. The third-order valence-corrected chi connectivity index (χ3v) is 5.55. The van der Waals surface area contributed by atoms with Crippen LogP contribution in [0, 0.1) is 18.3 Å². The maximum Gasteiger partial charge on any atom is 0.125 e. The highest BCUT2D eigenvalue weighted by molar-refractivity contribution is 5.38. The summed E-state index contributed by atoms with van der Waals surface area (Å²) in [5, 5.41) is 9.33. The summed E-state index contributed by atoms with van der Waals surface area (Å²) in [7, 11) is 0. The number of benzene rings is 1. The second kappa shape index (κ2) is 5.99. The van der Waals surface area contributed by atoms with Crippen molar-refractivity contribution in [1.29, 1.82) is 5.26 Å². The van der Waals surface area contributed by atoms with Crippen LogP contribution in [-0.2, 0) is 18.4 Å². The molecule has 2 aliphatic rings. The first-order chi connectivity index (χ1) is 11.7. The summed E-state index contributed by atoms with van der Waals surface area (Å²) >= 11 is 0. The maximum absolute atomic E-state index is 9.33. The highest BCUT2D eigenvalue weighted by atomic mass is 15.1. The van der Waals surface area contributed by atoms with Gasteiger partial charge in [-0.15, -0.1) is 0 Å². The van der Waals surface area contributed by atoms with Gasteiger partial charge in [-0.1, -0.05) is 18.2 Å². The number of fused-ring (bicyclic) bond motifs is 2. The number of piperidine rings is 1. The Bertz CT molecular complexity index is 804. The molecule has 0 N–H and O–H groups in total. The van der Waals surface area contributed by atoms with Crippen molar-refractivity contribution < 1.29 is 0 Å². The molecule has 1 fully saturated rings. The smallest absolute Gasteiger partial charge is 0.125 e. The van der Waals surface area contributed by atoms with Crippen LogP contribution < -0.4 is 0 Å². The van der Waals surface area contributed by atoms with E-state index in [2.05, 4.69) is 22.0 Å². The minimum atomic E-state index is 0.183. The van der Waals surface area contributed by atoms with Gasteiger partial charge in [-0.25, -0.2) is 9.97 Å². The summed E-state index contributed by atoms with van der Waals surface area (Å²) in [6.07, 6.45) is 6.70. The van der Waals surface area contributed by atoms with Crippen molar-refractivity contribution in [3.63, 3.8) is 0 Å². The third-order valence-electron chi connectivity index (χ3n) is 5.55. The molecule has 0 radical (unpaired) electrons. The van der Waals surface area contributed by atoms with Crippen molar-refractivity contribution in [2.24, 2.45) is 0 Å². The van der Waals surface area contributed by atoms with Gasteiger partial charge in [0.25, 0.3) is 0 Å². The first-order valence-corrected chi connectivity index (χ1v) is 8.74. The summed E-state index contributed by atoms with van der Waals surface area (Å²) < 4.78 is 0. The molecular weight excluding hydrogens is 296 g/mol. The lowest BCUT2D eigenvalue weighted by Gasteiger charge is -2.40. The summed E-state index contributed by atoms with van der Waals surface area (Å²) in [6, 6.07) is 10.3. The molecular formula is C20H22N4. The number of hydrogen-bond acceptors (Lipinski definition) is 4. The van der Waals surface area contributed by atoms with Crippen LogP contribution in [0.1, 0.15) is 47.5 Å². The Morgan fingerprint density at radius 2 is 2.17 bits per heavy atom. The van der Waals surface area contributed by atoms with Crippen molar-refractivity contribution in [2.45, 2.75) is 44.6 Å². The van der Waals surface area contributed by atoms with Crippen LogP contribution >= 0.6 is 0 Å². The predicted molar refractivity (Wildman–Crippen MR) is 92.4 cm³/mol. The molecule has 4 heteroatoms. The topological polar surface area (TPSA) is 52.8 Å². The van der Waals surface area contributed by atoms with E-state index in [0.29, 0.717) is 0 Å². The van der Waals surface area contributed by atoms with Crippen molar-refractivity contribution in [1.82, 2.24) is 14.9 Å². The van der Waals surface area contributed by atoms with Crippen LogP contribution in [-0.4, -0.2) is 28.0 Å². The Labute approximate surface area is 143 Å². The third kappa shape index (κ3) is 2.59. The molecule has 1 atom stereocenters. The van der Waals surface area contributed by atoms with E-state index in [-0.39, 0.29) is 5.41 Å². The van der Waals surface area contributed by atoms with Crippen LogP contribution in [0.3, 0.4) is 0 Å². The number of nitrogens with zero attached hydrogens (tertiary/aromatic N) is 4. The van der Waals surface area contributed by atoms with E-state index in [0.717, 1.165) is 43.0 Å². The van der Waals surface area contributed by atoms with E-state index in [1.807, 2.05) is 31.3 Å². The number of likely N-dealkylation sites (tertiary alicyclic amines) is 1. The zero-order chi connectivity index (χ0) is 16.6. The van der Waals surface area contributed by atoms with Crippen molar-refractivity contribution in [3.05, 3.63) is 58.7 Å². The lowest BCUT2D eigenvalue weighted by molar-refractivity contribution is 0.136. The summed E-state index contributed by atoms with van der Waals surface area (Å²) in [6.45, 7) is 4.97. The van der Waals surface area contributed by atoms with Gasteiger partial charge in [0.05, 0.1) is 17.3 Å². The summed E-state index contributed by atoms with van der Waals surface area (Å²) in [5.41, 5.74) is 4.73. The Morgan fingerprint density at radius 1 is 1.29 bits per heavy atom. The predicted octanol–water partition coefficient (Wildman–Crippen LogP) is 3.14. The van der Waals surface area contributed by atoms with Crippen LogP contribution in [0.4, 0.5) is 0 Å². The Balaban J connectivity index is 1.60. The van der Waals surface area contributed by atoms with Gasteiger partial charge < -0.3 is 0 Å². The van der Waals surface area contributed by atoms with E-state index in [9.17, 15) is 5.26 Å². The highest BCUT2D eigenvalue weighted by Gasteiger charge is 2.43. The molecule has 1 aliphatic carbocycles. The SMILES string of the molecule is Cc1ncc2c(n1)C1(CCCN(Cc3ccccc3C#N)C1)CC2. The number of nitriles is 1. The van der Waals surface area contributed by atoms with Crippen molar-refractivity contribution >= 4 is 0 Å². The van der Waals surface area contributed by atoms with Gasteiger partial charge in [0.2, 0.25) is 0 Å². The van der Waals surface area contributed by atoms with Gasteiger partial charge >= 0.3 is 0 Å². The average Bonchev–Trinajstić information content (AvgIpc) is 2.93. The molecule has 1 spiro atoms. The van der Waals surface area contributed by atoms with Gasteiger partial charge in [-0.2, -0.15) is 5.26 Å². The summed E-state index contributed by atoms with van der Waals surface area (Å²) in [4.78, 5) is 11.7. The standard InChI is InChI=1S/C20H22N4/c1-15-22-12-17-7-9-20(19(17)23-15)8-4-10-24(14-20)13-18-6-3-2-5-16(18)11-21/h2-3,5-6,12H,4,7-10,13-14H2,1H3. The first kappa shape index (κ1) is 15.3. The summed E-state index contributed by atoms with van der Waals surface area (Å²) in [5.74, 6) is 0.877. The average molecular weight is 318 g/mol. The molecule has 4 rings (SSSR count). The quantitative estimate of drug-likeness (QED) is 0.853. The lowest BCUT2D eigenvalue weighted by Crippen LogP contribution is -2.45. The molecule has 122 valence electrons. The molecule has 1 unspecified atom stereocenters. The Morgan fingerprint density at radius 3 is 3.04 bits per heavy atom. The second-order valence-corrected chi connectivity index (χ2v) is 7.15. The van der Waals surface area contributed by atoms with Gasteiger partial charge in [0.1, 0.15) is 5.82 Å². The van der Waals surface area contributed by atoms with Gasteiger partial charge in [-0.3, -0.25) is 4.90 Å².